The lowest BCUT2D eigenvalue weighted by Gasteiger charge is -2.09. The third-order valence-corrected chi connectivity index (χ3v) is 3.91. The molecule has 4 aromatic heterocycles. The van der Waals surface area contributed by atoms with E-state index in [1.165, 1.54) is 0 Å². The van der Waals surface area contributed by atoms with Gasteiger partial charge in [-0.3, -0.25) is 9.38 Å². The largest absolute Gasteiger partial charge is 0.291 e. The summed E-state index contributed by atoms with van der Waals surface area (Å²) in [7, 11) is 0. The normalized spacial score (nSPS) is 9.57. The van der Waals surface area contributed by atoms with Gasteiger partial charge in [-0.15, -0.1) is 0 Å². The molecule has 0 saturated heterocycles. The number of nitrogens with zero attached hydrogens (tertiary/aromatic N) is 5. The first-order valence-electron chi connectivity index (χ1n) is 9.22. The first kappa shape index (κ1) is 21.1. The standard InChI is InChI=1S/C18H10ClN5.2C2H6/c19-16-5-1-4-15(23-16)18-14(3-2-8-21-18)12-6-7-17-22-10-13(9-20)24(17)11-12;2*1-2/h1-8,10-11H;2*1-2H3. The van der Waals surface area contributed by atoms with Crippen LogP contribution in [0.4, 0.5) is 0 Å². The highest BCUT2D eigenvalue weighted by molar-refractivity contribution is 6.29. The average molecular weight is 392 g/mol. The molecular formula is C22H22ClN5. The zero-order valence-corrected chi connectivity index (χ0v) is 17.1. The van der Waals surface area contributed by atoms with Crippen molar-refractivity contribution in [2.45, 2.75) is 27.7 Å². The third kappa shape index (κ3) is 4.36. The Balaban J connectivity index is 0.000000660. The Morgan fingerprint density at radius 1 is 0.964 bits per heavy atom. The second kappa shape index (κ2) is 10.2. The van der Waals surface area contributed by atoms with Crippen LogP contribution in [0.5, 0.6) is 0 Å². The molecule has 4 heterocycles. The van der Waals surface area contributed by atoms with Gasteiger partial charge in [-0.2, -0.15) is 5.26 Å². The van der Waals surface area contributed by atoms with Gasteiger partial charge in [0, 0.05) is 23.5 Å². The number of hydrogen-bond acceptors (Lipinski definition) is 4. The van der Waals surface area contributed by atoms with Crippen LogP contribution < -0.4 is 0 Å². The van der Waals surface area contributed by atoms with Crippen LogP contribution in [0.25, 0.3) is 28.2 Å². The smallest absolute Gasteiger partial charge is 0.144 e. The highest BCUT2D eigenvalue weighted by atomic mass is 35.5. The first-order valence-corrected chi connectivity index (χ1v) is 9.59. The fourth-order valence-electron chi connectivity index (χ4n) is 2.61. The van der Waals surface area contributed by atoms with Gasteiger partial charge in [-0.25, -0.2) is 9.97 Å². The van der Waals surface area contributed by atoms with Gasteiger partial charge in [0.2, 0.25) is 0 Å². The van der Waals surface area contributed by atoms with Crippen LogP contribution in [-0.2, 0) is 0 Å². The average Bonchev–Trinajstić information content (AvgIpc) is 3.19. The maximum absolute atomic E-state index is 9.20. The van der Waals surface area contributed by atoms with Crippen molar-refractivity contribution in [1.29, 1.82) is 5.26 Å². The number of fused-ring (bicyclic) bond motifs is 1. The molecule has 0 amide bonds. The number of nitriles is 1. The number of hydrogen-bond donors (Lipinski definition) is 0. The molecule has 0 atom stereocenters. The molecule has 5 nitrogen and oxygen atoms in total. The van der Waals surface area contributed by atoms with Gasteiger partial charge < -0.3 is 0 Å². The molecule has 4 aromatic rings. The molecule has 142 valence electrons. The molecule has 0 N–H and O–H groups in total. The Labute approximate surface area is 170 Å². The van der Waals surface area contributed by atoms with Crippen LogP contribution in [0.3, 0.4) is 0 Å². The number of halogens is 1. The van der Waals surface area contributed by atoms with E-state index in [9.17, 15) is 5.26 Å². The van der Waals surface area contributed by atoms with Crippen molar-refractivity contribution in [3.05, 3.63) is 71.9 Å². The van der Waals surface area contributed by atoms with Crippen molar-refractivity contribution in [2.75, 3.05) is 0 Å². The zero-order chi connectivity index (χ0) is 20.5. The lowest BCUT2D eigenvalue weighted by molar-refractivity contribution is 1.15. The molecule has 4 rings (SSSR count). The van der Waals surface area contributed by atoms with Crippen LogP contribution in [0.15, 0.2) is 61.1 Å². The highest BCUT2D eigenvalue weighted by Crippen LogP contribution is 2.30. The van der Waals surface area contributed by atoms with Crippen LogP contribution in [0.1, 0.15) is 33.4 Å². The van der Waals surface area contributed by atoms with Gasteiger partial charge in [0.25, 0.3) is 0 Å². The van der Waals surface area contributed by atoms with Crippen LogP contribution in [-0.4, -0.2) is 19.4 Å². The van der Waals surface area contributed by atoms with Crippen molar-refractivity contribution in [3.63, 3.8) is 0 Å². The molecular weight excluding hydrogens is 370 g/mol. The van der Waals surface area contributed by atoms with Crippen molar-refractivity contribution in [1.82, 2.24) is 19.4 Å². The molecule has 0 unspecified atom stereocenters. The summed E-state index contributed by atoms with van der Waals surface area (Å²) in [6, 6.07) is 15.2. The van der Waals surface area contributed by atoms with E-state index in [0.717, 1.165) is 22.5 Å². The number of imidazole rings is 1. The zero-order valence-electron chi connectivity index (χ0n) is 16.4. The second-order valence-electron chi connectivity index (χ2n) is 5.15. The van der Waals surface area contributed by atoms with Crippen LogP contribution in [0.2, 0.25) is 5.15 Å². The Morgan fingerprint density at radius 2 is 1.75 bits per heavy atom. The minimum absolute atomic E-state index is 0.418. The second-order valence-corrected chi connectivity index (χ2v) is 5.53. The quantitative estimate of drug-likeness (QED) is 0.391. The molecule has 0 aromatic carbocycles. The maximum atomic E-state index is 9.20. The number of aromatic nitrogens is 4. The number of rotatable bonds is 2. The molecule has 0 saturated carbocycles. The minimum Gasteiger partial charge on any atom is -0.291 e. The first-order chi connectivity index (χ1) is 13.8. The van der Waals surface area contributed by atoms with Gasteiger partial charge in [-0.1, -0.05) is 51.4 Å². The monoisotopic (exact) mass is 391 g/mol. The van der Waals surface area contributed by atoms with Crippen molar-refractivity contribution in [2.24, 2.45) is 0 Å². The van der Waals surface area contributed by atoms with E-state index in [1.54, 1.807) is 22.9 Å². The summed E-state index contributed by atoms with van der Waals surface area (Å²) in [4.78, 5) is 13.0. The topological polar surface area (TPSA) is 66.9 Å². The van der Waals surface area contributed by atoms with E-state index in [0.29, 0.717) is 16.5 Å². The molecule has 0 aliphatic heterocycles. The summed E-state index contributed by atoms with van der Waals surface area (Å²) >= 11 is 6.01. The molecule has 28 heavy (non-hydrogen) atoms. The lowest BCUT2D eigenvalue weighted by atomic mass is 10.0. The summed E-state index contributed by atoms with van der Waals surface area (Å²) in [6.45, 7) is 8.00. The SMILES string of the molecule is CC.CC.N#Cc1cnc2ccc(-c3cccnc3-c3cccc(Cl)n3)cn12. The molecule has 0 radical (unpaired) electrons. The Morgan fingerprint density at radius 3 is 2.46 bits per heavy atom. The molecule has 0 aliphatic carbocycles. The van der Waals surface area contributed by atoms with E-state index in [2.05, 4.69) is 21.0 Å². The van der Waals surface area contributed by atoms with Crippen LogP contribution in [0, 0.1) is 11.3 Å². The van der Waals surface area contributed by atoms with Gasteiger partial charge in [-0.05, 0) is 30.3 Å². The summed E-state index contributed by atoms with van der Waals surface area (Å²) in [5.41, 5.74) is 4.47. The van der Waals surface area contributed by atoms with Crippen molar-refractivity contribution < 1.29 is 0 Å². The summed E-state index contributed by atoms with van der Waals surface area (Å²) in [5.74, 6) is 0. The molecule has 6 heteroatoms. The van der Waals surface area contributed by atoms with Gasteiger partial charge in [0.15, 0.2) is 0 Å². The molecule has 0 bridgehead atoms. The van der Waals surface area contributed by atoms with E-state index in [4.69, 9.17) is 11.6 Å². The van der Waals surface area contributed by atoms with E-state index in [1.807, 2.05) is 70.3 Å². The Hall–Kier alpha value is -3.23. The Bertz CT molecular complexity index is 1100. The molecule has 0 fully saturated rings. The Kier molecular flexibility index (Phi) is 7.67. The third-order valence-electron chi connectivity index (χ3n) is 3.70. The fraction of sp³-hybridized carbons (Fsp3) is 0.182. The molecule has 0 spiro atoms. The summed E-state index contributed by atoms with van der Waals surface area (Å²) in [5, 5.41) is 9.62. The summed E-state index contributed by atoms with van der Waals surface area (Å²) in [6.07, 6.45) is 5.16. The predicted molar refractivity (Wildman–Crippen MR) is 114 cm³/mol. The van der Waals surface area contributed by atoms with Gasteiger partial charge >= 0.3 is 0 Å². The van der Waals surface area contributed by atoms with Crippen LogP contribution >= 0.6 is 11.6 Å². The van der Waals surface area contributed by atoms with Crippen molar-refractivity contribution >= 4 is 17.2 Å². The summed E-state index contributed by atoms with van der Waals surface area (Å²) < 4.78 is 1.76. The van der Waals surface area contributed by atoms with Gasteiger partial charge in [0.1, 0.15) is 22.6 Å². The van der Waals surface area contributed by atoms with E-state index >= 15 is 0 Å². The predicted octanol–water partition coefficient (Wildman–Crippen LogP) is 6.04. The van der Waals surface area contributed by atoms with Crippen molar-refractivity contribution in [3.8, 4) is 28.6 Å². The highest BCUT2D eigenvalue weighted by Gasteiger charge is 2.12. The molecule has 0 aliphatic rings. The van der Waals surface area contributed by atoms with E-state index < -0.39 is 0 Å². The van der Waals surface area contributed by atoms with E-state index in [-0.39, 0.29) is 0 Å². The maximum Gasteiger partial charge on any atom is 0.144 e. The van der Waals surface area contributed by atoms with Gasteiger partial charge in [0.05, 0.1) is 17.6 Å². The number of pyridine rings is 3. The fourth-order valence-corrected chi connectivity index (χ4v) is 2.77. The lowest BCUT2D eigenvalue weighted by Crippen LogP contribution is -1.94. The minimum atomic E-state index is 0.418.